The average molecular weight is 697 g/mol. The van der Waals surface area contributed by atoms with Crippen LogP contribution in [0.4, 0.5) is 37.1 Å². The number of hydrogen-bond donors (Lipinski definition) is 1. The zero-order valence-corrected chi connectivity index (χ0v) is 27.4. The second-order valence-corrected chi connectivity index (χ2v) is 12.9. The van der Waals surface area contributed by atoms with Gasteiger partial charge in [0.1, 0.15) is 5.60 Å². The number of piperidine rings is 1. The van der Waals surface area contributed by atoms with Gasteiger partial charge in [-0.25, -0.2) is 19.6 Å². The first kappa shape index (κ1) is 37.3. The Bertz CT molecular complexity index is 1550. The molecule has 0 saturated carbocycles. The third kappa shape index (κ3) is 10.2. The number of carbonyl (C=O) groups is 2. The number of benzene rings is 2. The van der Waals surface area contributed by atoms with E-state index in [4.69, 9.17) is 14.6 Å². The van der Waals surface area contributed by atoms with Gasteiger partial charge in [-0.3, -0.25) is 0 Å². The quantitative estimate of drug-likeness (QED) is 0.215. The summed E-state index contributed by atoms with van der Waals surface area (Å²) in [5, 5.41) is 8.94. The fourth-order valence-electron chi connectivity index (χ4n) is 5.90. The molecule has 15 heteroatoms. The Morgan fingerprint density at radius 1 is 0.898 bits per heavy atom. The number of carboxylic acids is 1. The van der Waals surface area contributed by atoms with Crippen molar-refractivity contribution in [3.8, 4) is 5.75 Å². The molecule has 1 amide bonds. The standard InChI is InChI=1S/C34H38F6N4O5/c1-5-25-15-26(16-27(13-21-9-7-6-8-10-21)44(25)31(47)49-32(2,3)4)43(30-41-17-28(18-42-30)48-20-29(45)46)19-22-11-23(33(35,36)37)14-24(12-22)34(38,39)40/h6-12,14,17-18,25-27H,5,13,15-16,19-20H2,1-4H3,(H,45,46)/t25-,26?,27+/m1/s1. The van der Waals surface area contributed by atoms with Gasteiger partial charge in [-0.15, -0.1) is 0 Å². The topological polar surface area (TPSA) is 105 Å². The van der Waals surface area contributed by atoms with Crippen LogP contribution in [0.3, 0.4) is 0 Å². The van der Waals surface area contributed by atoms with E-state index >= 15 is 0 Å². The number of carboxylic acid groups (broad SMARTS) is 1. The number of halogens is 6. The molecule has 3 aromatic rings. The first-order valence-electron chi connectivity index (χ1n) is 15.6. The summed E-state index contributed by atoms with van der Waals surface area (Å²) >= 11 is 0. The van der Waals surface area contributed by atoms with Crippen LogP contribution in [0.15, 0.2) is 60.9 Å². The molecule has 266 valence electrons. The Balaban J connectivity index is 1.80. The van der Waals surface area contributed by atoms with E-state index in [1.807, 2.05) is 37.3 Å². The molecule has 9 nitrogen and oxygen atoms in total. The van der Waals surface area contributed by atoms with Gasteiger partial charge in [0.15, 0.2) is 12.4 Å². The number of aromatic nitrogens is 2. The monoisotopic (exact) mass is 696 g/mol. The van der Waals surface area contributed by atoms with Crippen molar-refractivity contribution in [2.24, 2.45) is 0 Å². The highest BCUT2D eigenvalue weighted by atomic mass is 19.4. The second-order valence-electron chi connectivity index (χ2n) is 12.9. The molecule has 1 fully saturated rings. The molecule has 0 bridgehead atoms. The molecule has 0 aliphatic carbocycles. The molecular formula is C34H38F6N4O5. The van der Waals surface area contributed by atoms with Crippen LogP contribution in [0.5, 0.6) is 5.75 Å². The van der Waals surface area contributed by atoms with Gasteiger partial charge in [0, 0.05) is 24.7 Å². The second kappa shape index (κ2) is 14.9. The predicted molar refractivity (Wildman–Crippen MR) is 167 cm³/mol. The van der Waals surface area contributed by atoms with Gasteiger partial charge in [0.05, 0.1) is 23.5 Å². The predicted octanol–water partition coefficient (Wildman–Crippen LogP) is 7.77. The third-order valence-electron chi connectivity index (χ3n) is 7.94. The number of nitrogens with zero attached hydrogens (tertiary/aromatic N) is 4. The Morgan fingerprint density at radius 2 is 1.47 bits per heavy atom. The molecule has 1 saturated heterocycles. The lowest BCUT2D eigenvalue weighted by Crippen LogP contribution is -2.58. The maximum atomic E-state index is 13.8. The molecule has 2 aromatic carbocycles. The number of aliphatic carboxylic acids is 1. The van der Waals surface area contributed by atoms with Gasteiger partial charge in [-0.1, -0.05) is 37.3 Å². The van der Waals surface area contributed by atoms with Crippen molar-refractivity contribution in [3.05, 3.63) is 83.2 Å². The minimum Gasteiger partial charge on any atom is -0.479 e. The Labute approximate surface area is 279 Å². The Kier molecular flexibility index (Phi) is 11.3. The zero-order chi connectivity index (χ0) is 36.1. The van der Waals surface area contributed by atoms with Crippen LogP contribution < -0.4 is 9.64 Å². The maximum Gasteiger partial charge on any atom is 0.416 e. The van der Waals surface area contributed by atoms with Gasteiger partial charge in [-0.05, 0) is 75.8 Å². The van der Waals surface area contributed by atoms with Gasteiger partial charge < -0.3 is 24.4 Å². The summed E-state index contributed by atoms with van der Waals surface area (Å²) in [6.07, 6.45) is -6.89. The van der Waals surface area contributed by atoms with Crippen LogP contribution in [-0.2, 0) is 34.8 Å². The fourth-order valence-corrected chi connectivity index (χ4v) is 5.90. The number of hydrogen-bond acceptors (Lipinski definition) is 7. The summed E-state index contributed by atoms with van der Waals surface area (Å²) in [4.78, 5) is 36.4. The number of likely N-dealkylation sites (tertiary alicyclic amines) is 1. The van der Waals surface area contributed by atoms with E-state index in [0.717, 1.165) is 5.56 Å². The summed E-state index contributed by atoms with van der Waals surface area (Å²) in [5.41, 5.74) is -3.08. The normalized spacial score (nSPS) is 18.6. The van der Waals surface area contributed by atoms with Crippen LogP contribution in [0, 0.1) is 0 Å². The highest BCUT2D eigenvalue weighted by Crippen LogP contribution is 2.38. The fraction of sp³-hybridized carbons (Fsp3) is 0.471. The lowest BCUT2D eigenvalue weighted by molar-refractivity contribution is -0.143. The average Bonchev–Trinajstić information content (AvgIpc) is 3.01. The molecule has 1 aromatic heterocycles. The molecule has 1 aliphatic heterocycles. The number of alkyl halides is 6. The number of carbonyl (C=O) groups excluding carboxylic acids is 1. The molecule has 1 N–H and O–H groups in total. The van der Waals surface area contributed by atoms with Gasteiger partial charge in [0.25, 0.3) is 0 Å². The molecule has 0 spiro atoms. The minimum atomic E-state index is -5.05. The summed E-state index contributed by atoms with van der Waals surface area (Å²) in [7, 11) is 0. The molecule has 2 heterocycles. The zero-order valence-electron chi connectivity index (χ0n) is 27.4. The van der Waals surface area contributed by atoms with Crippen molar-refractivity contribution >= 4 is 18.0 Å². The van der Waals surface area contributed by atoms with E-state index in [2.05, 4.69) is 9.97 Å². The molecule has 1 aliphatic rings. The molecule has 1 unspecified atom stereocenters. The van der Waals surface area contributed by atoms with E-state index in [-0.39, 0.29) is 36.2 Å². The maximum absolute atomic E-state index is 13.8. The first-order valence-corrected chi connectivity index (χ1v) is 15.6. The minimum absolute atomic E-state index is 0.00217. The molecule has 0 radical (unpaired) electrons. The highest BCUT2D eigenvalue weighted by molar-refractivity contribution is 5.69. The summed E-state index contributed by atoms with van der Waals surface area (Å²) in [6.45, 7) is 6.00. The van der Waals surface area contributed by atoms with Gasteiger partial charge in [0.2, 0.25) is 5.95 Å². The first-order chi connectivity index (χ1) is 22.8. The van der Waals surface area contributed by atoms with Crippen LogP contribution in [0.1, 0.15) is 69.2 Å². The van der Waals surface area contributed by atoms with Crippen molar-refractivity contribution < 1.29 is 50.5 Å². The van der Waals surface area contributed by atoms with Crippen molar-refractivity contribution in [3.63, 3.8) is 0 Å². The largest absolute Gasteiger partial charge is 0.479 e. The molecular weight excluding hydrogens is 658 g/mol. The number of anilines is 1. The number of amides is 1. The third-order valence-corrected chi connectivity index (χ3v) is 7.94. The van der Waals surface area contributed by atoms with Crippen LogP contribution >= 0.6 is 0 Å². The SMILES string of the molecule is CC[C@@H]1CC(N(Cc2cc(C(F)(F)F)cc(C(F)(F)F)c2)c2ncc(OCC(=O)O)cn2)C[C@H](Cc2ccccc2)N1C(=O)OC(C)(C)C. The van der Waals surface area contributed by atoms with Crippen molar-refractivity contribution in [2.75, 3.05) is 11.5 Å². The smallest absolute Gasteiger partial charge is 0.416 e. The van der Waals surface area contributed by atoms with E-state index in [9.17, 15) is 35.9 Å². The van der Waals surface area contributed by atoms with Crippen LogP contribution in [0.25, 0.3) is 0 Å². The Morgan fingerprint density at radius 3 is 1.98 bits per heavy atom. The van der Waals surface area contributed by atoms with E-state index in [1.54, 1.807) is 25.7 Å². The summed E-state index contributed by atoms with van der Waals surface area (Å²) < 4.78 is 93.7. The van der Waals surface area contributed by atoms with Crippen molar-refractivity contribution in [2.45, 2.75) is 96.0 Å². The lowest BCUT2D eigenvalue weighted by atomic mass is 9.86. The summed E-state index contributed by atoms with van der Waals surface area (Å²) in [6, 6.07) is 9.29. The number of ether oxygens (including phenoxy) is 2. The lowest BCUT2D eigenvalue weighted by Gasteiger charge is -2.48. The molecule has 4 rings (SSSR count). The number of rotatable bonds is 10. The van der Waals surface area contributed by atoms with Gasteiger partial charge >= 0.3 is 24.4 Å². The van der Waals surface area contributed by atoms with E-state index in [0.29, 0.717) is 25.0 Å². The highest BCUT2D eigenvalue weighted by Gasteiger charge is 2.43. The van der Waals surface area contributed by atoms with E-state index in [1.165, 1.54) is 17.3 Å². The van der Waals surface area contributed by atoms with E-state index < -0.39 is 72.4 Å². The van der Waals surface area contributed by atoms with Crippen molar-refractivity contribution in [1.82, 2.24) is 14.9 Å². The van der Waals surface area contributed by atoms with Gasteiger partial charge in [-0.2, -0.15) is 26.3 Å². The van der Waals surface area contributed by atoms with Crippen molar-refractivity contribution in [1.29, 1.82) is 0 Å². The summed E-state index contributed by atoms with van der Waals surface area (Å²) in [5.74, 6) is -1.28. The Hall–Kier alpha value is -4.56. The van der Waals surface area contributed by atoms with Crippen LogP contribution in [0.2, 0.25) is 0 Å². The molecule has 49 heavy (non-hydrogen) atoms. The molecule has 3 atom stereocenters. The van der Waals surface area contributed by atoms with Crippen LogP contribution in [-0.4, -0.2) is 62.4 Å².